The highest BCUT2D eigenvalue weighted by molar-refractivity contribution is 5.95. The maximum atomic E-state index is 12.7. The van der Waals surface area contributed by atoms with Crippen LogP contribution in [0.2, 0.25) is 0 Å². The van der Waals surface area contributed by atoms with Crippen LogP contribution in [0.25, 0.3) is 11.5 Å². The second kappa shape index (κ2) is 7.88. The number of methoxy groups -OCH3 is 1. The van der Waals surface area contributed by atoms with Crippen LogP contribution in [-0.4, -0.2) is 48.7 Å². The smallest absolute Gasteiger partial charge is 0.226 e. The first-order chi connectivity index (χ1) is 15.9. The van der Waals surface area contributed by atoms with Gasteiger partial charge in [-0.25, -0.2) is 0 Å². The molecule has 10 nitrogen and oxygen atoms in total. The number of hydrogen-bond acceptors (Lipinski definition) is 7. The fourth-order valence-electron chi connectivity index (χ4n) is 4.25. The van der Waals surface area contributed by atoms with Crippen LogP contribution in [0, 0.1) is 13.8 Å². The van der Waals surface area contributed by atoms with Crippen LogP contribution in [0.5, 0.6) is 11.5 Å². The number of anilines is 1. The van der Waals surface area contributed by atoms with E-state index < -0.39 is 0 Å². The van der Waals surface area contributed by atoms with Gasteiger partial charge in [-0.1, -0.05) is 6.07 Å². The molecule has 0 saturated heterocycles. The molecular formula is C23H25N7O3. The standard InChI is InChI=1S/C23H25N7O3/c1-12(2)33-17-7-6-15(10-18(17)32-5)16-11-21(31)24-23-22(16)13(3)27-30(23)20-9-8-19-26-25-14(4)29(19)28-20/h6-10,12,16H,11H2,1-5H3,(H,24,31)/t16-/m0/s1. The number of ether oxygens (including phenoxy) is 2. The van der Waals surface area contributed by atoms with E-state index in [9.17, 15) is 4.79 Å². The Morgan fingerprint density at radius 2 is 1.91 bits per heavy atom. The van der Waals surface area contributed by atoms with Crippen molar-refractivity contribution in [2.24, 2.45) is 0 Å². The van der Waals surface area contributed by atoms with Crippen molar-refractivity contribution in [3.8, 4) is 17.3 Å². The number of nitrogens with zero attached hydrogens (tertiary/aromatic N) is 6. The lowest BCUT2D eigenvalue weighted by atomic mass is 9.85. The molecule has 1 N–H and O–H groups in total. The molecule has 1 amide bonds. The molecule has 33 heavy (non-hydrogen) atoms. The van der Waals surface area contributed by atoms with Gasteiger partial charge in [-0.05, 0) is 57.5 Å². The Morgan fingerprint density at radius 1 is 1.09 bits per heavy atom. The van der Waals surface area contributed by atoms with Crippen LogP contribution in [0.4, 0.5) is 5.82 Å². The minimum absolute atomic E-state index is 0.0245. The molecule has 4 heterocycles. The van der Waals surface area contributed by atoms with Gasteiger partial charge in [0.05, 0.1) is 18.9 Å². The molecule has 1 atom stereocenters. The summed E-state index contributed by atoms with van der Waals surface area (Å²) >= 11 is 0. The summed E-state index contributed by atoms with van der Waals surface area (Å²) in [5.74, 6) is 2.89. The van der Waals surface area contributed by atoms with Crippen molar-refractivity contribution in [2.45, 2.75) is 46.1 Å². The van der Waals surface area contributed by atoms with E-state index in [1.54, 1.807) is 16.3 Å². The topological polar surface area (TPSA) is 108 Å². The summed E-state index contributed by atoms with van der Waals surface area (Å²) in [6, 6.07) is 9.45. The number of hydrogen-bond donors (Lipinski definition) is 1. The highest BCUT2D eigenvalue weighted by Gasteiger charge is 2.33. The van der Waals surface area contributed by atoms with Gasteiger partial charge in [0.2, 0.25) is 5.91 Å². The Hall–Kier alpha value is -3.95. The zero-order valence-electron chi connectivity index (χ0n) is 19.2. The molecule has 0 bridgehead atoms. The van der Waals surface area contributed by atoms with Gasteiger partial charge in [0.25, 0.3) is 0 Å². The number of amides is 1. The predicted molar refractivity (Wildman–Crippen MR) is 121 cm³/mol. The van der Waals surface area contributed by atoms with Crippen molar-refractivity contribution in [1.82, 2.24) is 29.6 Å². The van der Waals surface area contributed by atoms with E-state index in [4.69, 9.17) is 14.6 Å². The average molecular weight is 447 g/mol. The molecule has 3 aromatic heterocycles. The van der Waals surface area contributed by atoms with Crippen LogP contribution in [0.1, 0.15) is 48.8 Å². The van der Waals surface area contributed by atoms with Gasteiger partial charge >= 0.3 is 0 Å². The second-order valence-corrected chi connectivity index (χ2v) is 8.35. The van der Waals surface area contributed by atoms with Gasteiger partial charge in [-0.3, -0.25) is 4.79 Å². The van der Waals surface area contributed by atoms with E-state index in [1.807, 2.05) is 58.0 Å². The van der Waals surface area contributed by atoms with E-state index in [-0.39, 0.29) is 17.9 Å². The Morgan fingerprint density at radius 3 is 2.67 bits per heavy atom. The number of benzene rings is 1. The van der Waals surface area contributed by atoms with Gasteiger partial charge in [-0.15, -0.1) is 15.3 Å². The van der Waals surface area contributed by atoms with E-state index in [0.717, 1.165) is 16.8 Å². The molecule has 1 aliphatic rings. The highest BCUT2D eigenvalue weighted by Crippen LogP contribution is 2.42. The summed E-state index contributed by atoms with van der Waals surface area (Å²) < 4.78 is 14.7. The van der Waals surface area contributed by atoms with E-state index in [2.05, 4.69) is 20.6 Å². The van der Waals surface area contributed by atoms with Crippen molar-refractivity contribution in [2.75, 3.05) is 12.4 Å². The maximum absolute atomic E-state index is 12.7. The first-order valence-electron chi connectivity index (χ1n) is 10.8. The van der Waals surface area contributed by atoms with Crippen molar-refractivity contribution in [3.05, 3.63) is 53.0 Å². The van der Waals surface area contributed by atoms with Crippen LogP contribution in [0.3, 0.4) is 0 Å². The first-order valence-corrected chi connectivity index (χ1v) is 10.8. The number of rotatable bonds is 5. The van der Waals surface area contributed by atoms with Gasteiger partial charge in [0.1, 0.15) is 5.82 Å². The molecular weight excluding hydrogens is 422 g/mol. The van der Waals surface area contributed by atoms with Crippen molar-refractivity contribution in [3.63, 3.8) is 0 Å². The fourth-order valence-corrected chi connectivity index (χ4v) is 4.25. The predicted octanol–water partition coefficient (Wildman–Crippen LogP) is 3.20. The van der Waals surface area contributed by atoms with E-state index in [1.165, 1.54) is 0 Å². The monoisotopic (exact) mass is 447 g/mol. The molecule has 0 spiro atoms. The Bertz CT molecular complexity index is 1370. The zero-order valence-corrected chi connectivity index (χ0v) is 19.2. The molecule has 10 heteroatoms. The van der Waals surface area contributed by atoms with Gasteiger partial charge < -0.3 is 14.8 Å². The van der Waals surface area contributed by atoms with Crippen molar-refractivity contribution in [1.29, 1.82) is 0 Å². The molecule has 170 valence electrons. The third kappa shape index (κ3) is 3.57. The lowest BCUT2D eigenvalue weighted by Crippen LogP contribution is -2.25. The lowest BCUT2D eigenvalue weighted by Gasteiger charge is -2.25. The minimum atomic E-state index is -0.176. The summed E-state index contributed by atoms with van der Waals surface area (Å²) in [6.45, 7) is 7.71. The quantitative estimate of drug-likeness (QED) is 0.500. The van der Waals surface area contributed by atoms with Gasteiger partial charge in [-0.2, -0.15) is 14.3 Å². The molecule has 0 aliphatic carbocycles. The molecule has 1 aliphatic heterocycles. The highest BCUT2D eigenvalue weighted by atomic mass is 16.5. The second-order valence-electron chi connectivity index (χ2n) is 8.35. The lowest BCUT2D eigenvalue weighted by molar-refractivity contribution is -0.116. The normalized spacial score (nSPS) is 15.6. The summed E-state index contributed by atoms with van der Waals surface area (Å²) in [6.07, 6.45) is 0.334. The van der Waals surface area contributed by atoms with Gasteiger partial charge in [0.15, 0.2) is 28.8 Å². The van der Waals surface area contributed by atoms with Crippen molar-refractivity contribution >= 4 is 17.4 Å². The molecule has 1 aromatic carbocycles. The average Bonchev–Trinajstić information content (AvgIpc) is 3.32. The summed E-state index contributed by atoms with van der Waals surface area (Å²) in [5, 5.41) is 20.5. The Balaban J connectivity index is 1.61. The number of aryl methyl sites for hydroxylation is 2. The van der Waals surface area contributed by atoms with Crippen LogP contribution < -0.4 is 14.8 Å². The third-order valence-corrected chi connectivity index (χ3v) is 5.68. The maximum Gasteiger partial charge on any atom is 0.226 e. The Labute approximate surface area is 190 Å². The number of aromatic nitrogens is 6. The van der Waals surface area contributed by atoms with Crippen LogP contribution >= 0.6 is 0 Å². The van der Waals surface area contributed by atoms with E-state index >= 15 is 0 Å². The molecule has 0 radical (unpaired) electrons. The number of fused-ring (bicyclic) bond motifs is 2. The number of carbonyl (C=O) groups is 1. The molecule has 0 saturated carbocycles. The Kier molecular flexibility index (Phi) is 4.99. The van der Waals surface area contributed by atoms with Crippen LogP contribution in [-0.2, 0) is 4.79 Å². The van der Waals surface area contributed by atoms with Gasteiger partial charge in [0, 0.05) is 17.9 Å². The largest absolute Gasteiger partial charge is 0.493 e. The fraction of sp³-hybridized carbons (Fsp3) is 0.348. The molecule has 4 aromatic rings. The number of carbonyl (C=O) groups excluding carboxylic acids is 1. The molecule has 5 rings (SSSR count). The first kappa shape index (κ1) is 20.9. The summed E-state index contributed by atoms with van der Waals surface area (Å²) in [4.78, 5) is 12.7. The SMILES string of the molecule is COc1cc([C@@H]2CC(=O)Nc3c2c(C)nn3-c2ccc3nnc(C)n3n2)ccc1OC(C)C. The van der Waals surface area contributed by atoms with Crippen LogP contribution in [0.15, 0.2) is 30.3 Å². The van der Waals surface area contributed by atoms with Crippen molar-refractivity contribution < 1.29 is 14.3 Å². The number of nitrogens with one attached hydrogen (secondary N) is 1. The zero-order chi connectivity index (χ0) is 23.3. The summed E-state index contributed by atoms with van der Waals surface area (Å²) in [5.41, 5.74) is 3.38. The summed E-state index contributed by atoms with van der Waals surface area (Å²) in [7, 11) is 1.61. The third-order valence-electron chi connectivity index (χ3n) is 5.68. The van der Waals surface area contributed by atoms with E-state index in [0.29, 0.717) is 41.0 Å². The molecule has 0 unspecified atom stereocenters. The molecule has 0 fully saturated rings. The minimum Gasteiger partial charge on any atom is -0.493 e.